The molecule has 0 nitrogen and oxygen atoms in total. The van der Waals surface area contributed by atoms with Crippen molar-refractivity contribution in [2.24, 2.45) is 0 Å². The summed E-state index contributed by atoms with van der Waals surface area (Å²) in [6.07, 6.45) is 5.72. The first-order valence-electron chi connectivity index (χ1n) is 6.57. The van der Waals surface area contributed by atoms with Crippen LogP contribution in [0.4, 0.5) is 0 Å². The summed E-state index contributed by atoms with van der Waals surface area (Å²) in [6.45, 7) is 4.39. The van der Waals surface area contributed by atoms with Crippen LogP contribution in [0, 0.1) is 13.8 Å². The average Bonchev–Trinajstić information content (AvgIpc) is 2.74. The van der Waals surface area contributed by atoms with Gasteiger partial charge in [-0.2, -0.15) is 0 Å². The van der Waals surface area contributed by atoms with Crippen molar-refractivity contribution >= 4 is 6.08 Å². The molecule has 90 valence electrons. The van der Waals surface area contributed by atoms with Crippen LogP contribution < -0.4 is 0 Å². The van der Waals surface area contributed by atoms with Gasteiger partial charge in [0.05, 0.1) is 0 Å². The number of hydrogen-bond acceptors (Lipinski definition) is 0. The summed E-state index contributed by atoms with van der Waals surface area (Å²) in [5, 5.41) is 0. The van der Waals surface area contributed by atoms with Crippen LogP contribution in [-0.2, 0) is 6.42 Å². The van der Waals surface area contributed by atoms with E-state index in [0.717, 1.165) is 6.42 Å². The molecular formula is C18H18. The minimum absolute atomic E-state index is 0.543. The van der Waals surface area contributed by atoms with Gasteiger partial charge in [0.2, 0.25) is 0 Å². The lowest BCUT2D eigenvalue weighted by atomic mass is 9.91. The fourth-order valence-electron chi connectivity index (χ4n) is 2.70. The highest BCUT2D eigenvalue weighted by Gasteiger charge is 2.18. The van der Waals surface area contributed by atoms with Gasteiger partial charge >= 0.3 is 0 Å². The first-order chi connectivity index (χ1) is 8.74. The zero-order valence-electron chi connectivity index (χ0n) is 11.0. The molecule has 2 aromatic carbocycles. The van der Waals surface area contributed by atoms with Gasteiger partial charge in [-0.15, -0.1) is 0 Å². The van der Waals surface area contributed by atoms with Crippen molar-refractivity contribution in [1.29, 1.82) is 0 Å². The lowest BCUT2D eigenvalue weighted by molar-refractivity contribution is 0.848. The monoisotopic (exact) mass is 234 g/mol. The largest absolute Gasteiger partial charge is 0.0760 e. The molecule has 0 N–H and O–H groups in total. The van der Waals surface area contributed by atoms with E-state index in [2.05, 4.69) is 68.5 Å². The number of benzene rings is 2. The Balaban J connectivity index is 1.91. The maximum atomic E-state index is 2.36. The van der Waals surface area contributed by atoms with Crippen LogP contribution in [0.5, 0.6) is 0 Å². The van der Waals surface area contributed by atoms with Crippen LogP contribution >= 0.6 is 0 Å². The molecule has 0 amide bonds. The lowest BCUT2D eigenvalue weighted by Crippen LogP contribution is -1.99. The van der Waals surface area contributed by atoms with Crippen molar-refractivity contribution in [3.63, 3.8) is 0 Å². The van der Waals surface area contributed by atoms with Crippen molar-refractivity contribution in [3.05, 3.63) is 76.4 Å². The first-order valence-corrected chi connectivity index (χ1v) is 6.57. The van der Waals surface area contributed by atoms with Crippen LogP contribution in [-0.4, -0.2) is 0 Å². The van der Waals surface area contributed by atoms with Crippen molar-refractivity contribution in [1.82, 2.24) is 0 Å². The van der Waals surface area contributed by atoms with E-state index >= 15 is 0 Å². The molecule has 0 saturated heterocycles. The second-order valence-electron chi connectivity index (χ2n) is 5.22. The van der Waals surface area contributed by atoms with Crippen LogP contribution in [0.3, 0.4) is 0 Å². The maximum Gasteiger partial charge on any atom is 0.00677 e. The standard InChI is InChI=1S/C18H18/c1-13-10-16-8-9-17(18(16)11-14(13)2)12-15-6-4-3-5-7-15/h3-11,17H,12H2,1-2H3. The molecule has 2 aromatic rings. The van der Waals surface area contributed by atoms with Crippen molar-refractivity contribution in [2.75, 3.05) is 0 Å². The van der Waals surface area contributed by atoms with Gasteiger partial charge in [0.15, 0.2) is 0 Å². The van der Waals surface area contributed by atoms with Crippen LogP contribution in [0.1, 0.15) is 33.7 Å². The summed E-state index contributed by atoms with van der Waals surface area (Å²) in [4.78, 5) is 0. The average molecular weight is 234 g/mol. The molecule has 0 spiro atoms. The highest BCUT2D eigenvalue weighted by Crippen LogP contribution is 2.34. The maximum absolute atomic E-state index is 2.36. The van der Waals surface area contributed by atoms with Gasteiger partial charge in [-0.3, -0.25) is 0 Å². The Morgan fingerprint density at radius 1 is 0.944 bits per heavy atom. The Kier molecular flexibility index (Phi) is 2.79. The lowest BCUT2D eigenvalue weighted by Gasteiger charge is -2.13. The highest BCUT2D eigenvalue weighted by atomic mass is 14.2. The third-order valence-corrected chi connectivity index (χ3v) is 3.91. The molecule has 1 unspecified atom stereocenters. The van der Waals surface area contributed by atoms with Crippen LogP contribution in [0.15, 0.2) is 48.5 Å². The molecule has 18 heavy (non-hydrogen) atoms. The second kappa shape index (κ2) is 4.45. The van der Waals surface area contributed by atoms with Gasteiger partial charge in [-0.25, -0.2) is 0 Å². The fourth-order valence-corrected chi connectivity index (χ4v) is 2.70. The van der Waals surface area contributed by atoms with E-state index in [9.17, 15) is 0 Å². The third kappa shape index (κ3) is 1.99. The minimum Gasteiger partial charge on any atom is -0.0760 e. The van der Waals surface area contributed by atoms with E-state index < -0.39 is 0 Å². The zero-order chi connectivity index (χ0) is 12.5. The van der Waals surface area contributed by atoms with Crippen molar-refractivity contribution in [2.45, 2.75) is 26.2 Å². The SMILES string of the molecule is Cc1cc2c(cc1C)C(Cc1ccccc1)C=C2. The Hall–Kier alpha value is -1.82. The van der Waals surface area contributed by atoms with E-state index in [1.165, 1.54) is 27.8 Å². The molecule has 1 aliphatic rings. The quantitative estimate of drug-likeness (QED) is 0.709. The smallest absolute Gasteiger partial charge is 0.00677 e. The van der Waals surface area contributed by atoms with Crippen LogP contribution in [0.25, 0.3) is 6.08 Å². The molecule has 0 heterocycles. The van der Waals surface area contributed by atoms with E-state index in [0.29, 0.717) is 5.92 Å². The molecule has 0 saturated carbocycles. The number of hydrogen-bond donors (Lipinski definition) is 0. The van der Waals surface area contributed by atoms with E-state index in [-0.39, 0.29) is 0 Å². The van der Waals surface area contributed by atoms with Gasteiger partial charge in [0.1, 0.15) is 0 Å². The molecule has 1 atom stereocenters. The molecule has 0 aromatic heterocycles. The van der Waals surface area contributed by atoms with Gasteiger partial charge < -0.3 is 0 Å². The first kappa shape index (κ1) is 11.3. The minimum atomic E-state index is 0.543. The van der Waals surface area contributed by atoms with Crippen molar-refractivity contribution < 1.29 is 0 Å². The summed E-state index contributed by atoms with van der Waals surface area (Å²) >= 11 is 0. The summed E-state index contributed by atoms with van der Waals surface area (Å²) in [5.74, 6) is 0.543. The summed E-state index contributed by atoms with van der Waals surface area (Å²) in [5.41, 5.74) is 7.09. The molecule has 0 fully saturated rings. The van der Waals surface area contributed by atoms with E-state index in [1.54, 1.807) is 0 Å². The summed E-state index contributed by atoms with van der Waals surface area (Å²) in [6, 6.07) is 15.4. The summed E-state index contributed by atoms with van der Waals surface area (Å²) in [7, 11) is 0. The second-order valence-corrected chi connectivity index (χ2v) is 5.22. The number of rotatable bonds is 2. The normalized spacial score (nSPS) is 16.9. The zero-order valence-corrected chi connectivity index (χ0v) is 11.0. The predicted molar refractivity (Wildman–Crippen MR) is 77.8 cm³/mol. The summed E-state index contributed by atoms with van der Waals surface area (Å²) < 4.78 is 0. The Morgan fingerprint density at radius 2 is 1.67 bits per heavy atom. The number of fused-ring (bicyclic) bond motifs is 1. The van der Waals surface area contributed by atoms with Gasteiger partial charge in [0, 0.05) is 5.92 Å². The molecular weight excluding hydrogens is 216 g/mol. The fraction of sp³-hybridized carbons (Fsp3) is 0.222. The predicted octanol–water partition coefficient (Wildman–Crippen LogP) is 4.66. The molecule has 0 aliphatic heterocycles. The number of aryl methyl sites for hydroxylation is 2. The topological polar surface area (TPSA) is 0 Å². The Morgan fingerprint density at radius 3 is 2.44 bits per heavy atom. The molecule has 0 heteroatoms. The Bertz CT molecular complexity index is 591. The molecule has 0 bridgehead atoms. The van der Waals surface area contributed by atoms with Crippen LogP contribution in [0.2, 0.25) is 0 Å². The molecule has 3 rings (SSSR count). The number of allylic oxidation sites excluding steroid dienone is 1. The van der Waals surface area contributed by atoms with E-state index in [4.69, 9.17) is 0 Å². The van der Waals surface area contributed by atoms with Gasteiger partial charge in [-0.05, 0) is 48.1 Å². The third-order valence-electron chi connectivity index (χ3n) is 3.91. The molecule has 1 aliphatic carbocycles. The van der Waals surface area contributed by atoms with Crippen molar-refractivity contribution in [3.8, 4) is 0 Å². The molecule has 0 radical (unpaired) electrons. The Labute approximate surface area is 109 Å². The van der Waals surface area contributed by atoms with E-state index in [1.807, 2.05) is 0 Å². The highest BCUT2D eigenvalue weighted by molar-refractivity contribution is 5.64. The van der Waals surface area contributed by atoms with Gasteiger partial charge in [0.25, 0.3) is 0 Å². The van der Waals surface area contributed by atoms with Gasteiger partial charge in [-0.1, -0.05) is 54.6 Å².